The van der Waals surface area contributed by atoms with Gasteiger partial charge in [0.2, 0.25) is 0 Å². The van der Waals surface area contributed by atoms with Gasteiger partial charge in [0.1, 0.15) is 0 Å². The minimum absolute atomic E-state index is 0.0558. The number of hydrazone groups is 1. The molecule has 0 amide bonds. The number of alkyl halides is 2. The van der Waals surface area contributed by atoms with E-state index < -0.39 is 6.61 Å². The van der Waals surface area contributed by atoms with Gasteiger partial charge in [-0.2, -0.15) is 13.9 Å². The predicted molar refractivity (Wildman–Crippen MR) is 90.5 cm³/mol. The molecule has 1 aromatic carbocycles. The van der Waals surface area contributed by atoms with Crippen molar-refractivity contribution in [2.24, 2.45) is 5.10 Å². The Morgan fingerprint density at radius 3 is 2.83 bits per heavy atom. The molecule has 0 aliphatic carbocycles. The molecule has 0 aliphatic heterocycles. The third-order valence-corrected chi connectivity index (χ3v) is 2.94. The molecule has 0 saturated carbocycles. The minimum Gasteiger partial charge on any atom is -0.490 e. The van der Waals surface area contributed by atoms with E-state index in [0.29, 0.717) is 17.3 Å². The number of rotatable bonds is 9. The van der Waals surface area contributed by atoms with Crippen molar-refractivity contribution in [2.75, 3.05) is 13.2 Å². The van der Waals surface area contributed by atoms with Crippen LogP contribution in [0.2, 0.25) is 0 Å². The van der Waals surface area contributed by atoms with Gasteiger partial charge in [-0.3, -0.25) is 5.43 Å². The maximum Gasteiger partial charge on any atom is 0.387 e. The highest BCUT2D eigenvalue weighted by atomic mass is 32.1. The van der Waals surface area contributed by atoms with E-state index in [1.807, 2.05) is 0 Å². The Kier molecular flexibility index (Phi) is 8.89. The van der Waals surface area contributed by atoms with Crippen molar-refractivity contribution >= 4 is 23.5 Å². The predicted octanol–water partition coefficient (Wildman–Crippen LogP) is 3.28. The number of nitrogens with zero attached hydrogens (tertiary/aromatic N) is 1. The van der Waals surface area contributed by atoms with Gasteiger partial charge in [0.05, 0.1) is 12.8 Å². The van der Waals surface area contributed by atoms with Crippen LogP contribution in [0.1, 0.15) is 32.3 Å². The molecule has 23 heavy (non-hydrogen) atoms. The van der Waals surface area contributed by atoms with Crippen molar-refractivity contribution in [3.63, 3.8) is 0 Å². The summed E-state index contributed by atoms with van der Waals surface area (Å²) in [6, 6.07) is 4.82. The molecular formula is C15H21F2N3O2S. The fourth-order valence-corrected chi connectivity index (χ4v) is 1.85. The van der Waals surface area contributed by atoms with Gasteiger partial charge in [0.25, 0.3) is 0 Å². The fraction of sp³-hybridized carbons (Fsp3) is 0.467. The summed E-state index contributed by atoms with van der Waals surface area (Å²) in [6.07, 6.45) is 3.40. The van der Waals surface area contributed by atoms with Crippen LogP contribution >= 0.6 is 12.2 Å². The molecule has 0 unspecified atom stereocenters. The third-order valence-electron chi connectivity index (χ3n) is 2.70. The van der Waals surface area contributed by atoms with Crippen LogP contribution in [-0.4, -0.2) is 31.1 Å². The number of ether oxygens (including phenoxy) is 2. The number of benzene rings is 1. The number of nitrogens with one attached hydrogen (secondary N) is 2. The summed E-state index contributed by atoms with van der Waals surface area (Å²) in [5.41, 5.74) is 2.99. The Balaban J connectivity index is 2.76. The van der Waals surface area contributed by atoms with Gasteiger partial charge in [-0.15, -0.1) is 0 Å². The molecule has 0 spiro atoms. The zero-order valence-electron chi connectivity index (χ0n) is 13.1. The summed E-state index contributed by atoms with van der Waals surface area (Å²) < 4.78 is 35.0. The second-order valence-corrected chi connectivity index (χ2v) is 4.87. The molecule has 8 heteroatoms. The molecule has 0 radical (unpaired) electrons. The van der Waals surface area contributed by atoms with Crippen molar-refractivity contribution in [1.82, 2.24) is 10.7 Å². The molecule has 0 fully saturated rings. The average Bonchev–Trinajstić information content (AvgIpc) is 2.50. The van der Waals surface area contributed by atoms with Gasteiger partial charge in [0, 0.05) is 12.1 Å². The smallest absolute Gasteiger partial charge is 0.387 e. The quantitative estimate of drug-likeness (QED) is 0.311. The third kappa shape index (κ3) is 7.23. The Bertz CT molecular complexity index is 527. The first-order valence-electron chi connectivity index (χ1n) is 7.36. The van der Waals surface area contributed by atoms with Crippen molar-refractivity contribution in [2.45, 2.75) is 33.3 Å². The van der Waals surface area contributed by atoms with E-state index >= 15 is 0 Å². The second kappa shape index (κ2) is 10.7. The molecule has 1 aromatic rings. The van der Waals surface area contributed by atoms with Crippen molar-refractivity contribution in [1.29, 1.82) is 0 Å². The zero-order valence-corrected chi connectivity index (χ0v) is 14.0. The van der Waals surface area contributed by atoms with Crippen LogP contribution in [-0.2, 0) is 0 Å². The normalized spacial score (nSPS) is 10.8. The van der Waals surface area contributed by atoms with Crippen LogP contribution in [0.5, 0.6) is 11.5 Å². The number of hydrogen-bond acceptors (Lipinski definition) is 4. The molecule has 0 heterocycles. The number of thiocarbonyl (C=S) groups is 1. The minimum atomic E-state index is -2.95. The van der Waals surface area contributed by atoms with E-state index in [1.165, 1.54) is 6.21 Å². The molecular weight excluding hydrogens is 324 g/mol. The van der Waals surface area contributed by atoms with Crippen LogP contribution in [0.15, 0.2) is 23.3 Å². The lowest BCUT2D eigenvalue weighted by molar-refractivity contribution is -0.0515. The summed E-state index contributed by atoms with van der Waals surface area (Å²) in [6.45, 7) is 1.97. The van der Waals surface area contributed by atoms with Gasteiger partial charge in [0.15, 0.2) is 16.6 Å². The Hall–Kier alpha value is -1.96. The maximum atomic E-state index is 12.6. The first kappa shape index (κ1) is 19.1. The van der Waals surface area contributed by atoms with E-state index in [-0.39, 0.29) is 11.5 Å². The SMILES string of the molecule is CCCCNC(=S)N/N=C\c1cccc(OCC)c1OC(F)F. The summed E-state index contributed by atoms with van der Waals surface area (Å²) in [7, 11) is 0. The lowest BCUT2D eigenvalue weighted by atomic mass is 10.2. The summed E-state index contributed by atoms with van der Waals surface area (Å²) in [5.74, 6) is 0.181. The van der Waals surface area contributed by atoms with Crippen LogP contribution in [0.25, 0.3) is 0 Å². The Morgan fingerprint density at radius 2 is 2.17 bits per heavy atom. The van der Waals surface area contributed by atoms with Gasteiger partial charge in [-0.05, 0) is 37.7 Å². The molecule has 0 aromatic heterocycles. The van der Waals surface area contributed by atoms with Crippen LogP contribution in [0, 0.1) is 0 Å². The Morgan fingerprint density at radius 1 is 1.39 bits per heavy atom. The lowest BCUT2D eigenvalue weighted by Gasteiger charge is -2.13. The molecule has 1 rings (SSSR count). The van der Waals surface area contributed by atoms with Crippen molar-refractivity contribution in [3.8, 4) is 11.5 Å². The molecule has 0 saturated heterocycles. The van der Waals surface area contributed by atoms with E-state index in [9.17, 15) is 8.78 Å². The monoisotopic (exact) mass is 345 g/mol. The Labute approximate surface area is 140 Å². The van der Waals surface area contributed by atoms with Crippen LogP contribution in [0.3, 0.4) is 0 Å². The summed E-state index contributed by atoms with van der Waals surface area (Å²) in [5, 5.41) is 7.28. The van der Waals surface area contributed by atoms with E-state index in [1.54, 1.807) is 25.1 Å². The number of halogens is 2. The van der Waals surface area contributed by atoms with E-state index in [0.717, 1.165) is 19.4 Å². The van der Waals surface area contributed by atoms with Gasteiger partial charge in [-0.25, -0.2) is 0 Å². The standard InChI is InChI=1S/C15H21F2N3O2S/c1-3-5-9-18-15(23)20-19-10-11-7-6-8-12(21-4-2)13(11)22-14(16)17/h6-8,10,14H,3-5,9H2,1-2H3,(H2,18,20,23)/b19-10-. The fourth-order valence-electron chi connectivity index (χ4n) is 1.70. The van der Waals surface area contributed by atoms with Crippen LogP contribution in [0.4, 0.5) is 8.78 Å². The highest BCUT2D eigenvalue weighted by Gasteiger charge is 2.14. The molecule has 0 aliphatic rings. The van der Waals surface area contributed by atoms with Crippen LogP contribution < -0.4 is 20.2 Å². The van der Waals surface area contributed by atoms with E-state index in [2.05, 4.69) is 27.5 Å². The number of para-hydroxylation sites is 1. The average molecular weight is 345 g/mol. The molecule has 2 N–H and O–H groups in total. The number of unbranched alkanes of at least 4 members (excludes halogenated alkanes) is 1. The maximum absolute atomic E-state index is 12.6. The molecule has 128 valence electrons. The van der Waals surface area contributed by atoms with Crippen molar-refractivity contribution in [3.05, 3.63) is 23.8 Å². The summed E-state index contributed by atoms with van der Waals surface area (Å²) in [4.78, 5) is 0. The van der Waals surface area contributed by atoms with Gasteiger partial charge in [-0.1, -0.05) is 19.4 Å². The second-order valence-electron chi connectivity index (χ2n) is 4.47. The van der Waals surface area contributed by atoms with E-state index in [4.69, 9.17) is 17.0 Å². The molecule has 0 atom stereocenters. The number of hydrogen-bond donors (Lipinski definition) is 2. The first-order valence-corrected chi connectivity index (χ1v) is 7.76. The van der Waals surface area contributed by atoms with Gasteiger partial charge < -0.3 is 14.8 Å². The largest absolute Gasteiger partial charge is 0.490 e. The summed E-state index contributed by atoms with van der Waals surface area (Å²) >= 11 is 5.04. The van der Waals surface area contributed by atoms with Gasteiger partial charge >= 0.3 is 6.61 Å². The highest BCUT2D eigenvalue weighted by molar-refractivity contribution is 7.80. The zero-order chi connectivity index (χ0) is 17.1. The topological polar surface area (TPSA) is 54.9 Å². The highest BCUT2D eigenvalue weighted by Crippen LogP contribution is 2.31. The molecule has 5 nitrogen and oxygen atoms in total. The van der Waals surface area contributed by atoms with Crippen molar-refractivity contribution < 1.29 is 18.3 Å². The lowest BCUT2D eigenvalue weighted by Crippen LogP contribution is -2.32. The first-order chi connectivity index (χ1) is 11.1. The molecule has 0 bridgehead atoms.